The Bertz CT molecular complexity index is 273. The van der Waals surface area contributed by atoms with Gasteiger partial charge in [0.05, 0.1) is 6.10 Å². The summed E-state index contributed by atoms with van der Waals surface area (Å²) in [5.41, 5.74) is 0.145. The first-order valence-corrected chi connectivity index (χ1v) is 8.15. The number of nitrogens with one attached hydrogen (secondary N) is 1. The van der Waals surface area contributed by atoms with Gasteiger partial charge >= 0.3 is 7.05 Å². The summed E-state index contributed by atoms with van der Waals surface area (Å²) in [6.45, 7) is 7.28. The highest BCUT2D eigenvalue weighted by atomic mass is 31.2. The molecule has 0 spiro atoms. The van der Waals surface area contributed by atoms with Crippen molar-refractivity contribution >= 4 is 14.4 Å². The highest BCUT2D eigenvalue weighted by molar-refractivity contribution is 7.58. The minimum atomic E-state index is -2.50. The SMILES string of the molecule is CB(O)N[C@@H]1CC[C@H](P(C)(=O)OC(C)C)C1. The van der Waals surface area contributed by atoms with Gasteiger partial charge in [-0.2, -0.15) is 0 Å². The maximum Gasteiger partial charge on any atom is 0.373 e. The van der Waals surface area contributed by atoms with E-state index in [1.54, 1.807) is 13.5 Å². The van der Waals surface area contributed by atoms with Crippen molar-refractivity contribution < 1.29 is 14.1 Å². The Balaban J connectivity index is 2.48. The Morgan fingerprint density at radius 3 is 2.62 bits per heavy atom. The first-order chi connectivity index (χ1) is 7.31. The van der Waals surface area contributed by atoms with Crippen LogP contribution < -0.4 is 5.23 Å². The van der Waals surface area contributed by atoms with Crippen molar-refractivity contribution in [3.8, 4) is 0 Å². The highest BCUT2D eigenvalue weighted by Gasteiger charge is 2.37. The van der Waals surface area contributed by atoms with Gasteiger partial charge in [-0.25, -0.2) is 0 Å². The molecule has 1 unspecified atom stereocenters. The zero-order valence-corrected chi connectivity index (χ0v) is 11.5. The molecule has 0 aromatic heterocycles. The van der Waals surface area contributed by atoms with Gasteiger partial charge < -0.3 is 14.8 Å². The summed E-state index contributed by atoms with van der Waals surface area (Å²) in [5.74, 6) is 0. The molecule has 16 heavy (non-hydrogen) atoms. The second-order valence-corrected chi connectivity index (χ2v) is 7.83. The van der Waals surface area contributed by atoms with E-state index in [0.717, 1.165) is 19.3 Å². The molecule has 1 rings (SSSR count). The van der Waals surface area contributed by atoms with E-state index in [1.165, 1.54) is 0 Å². The average molecular weight is 247 g/mol. The van der Waals surface area contributed by atoms with E-state index in [9.17, 15) is 9.59 Å². The molecule has 1 saturated carbocycles. The Labute approximate surface area is 98.7 Å². The lowest BCUT2D eigenvalue weighted by Crippen LogP contribution is -2.38. The van der Waals surface area contributed by atoms with Crippen molar-refractivity contribution in [3.63, 3.8) is 0 Å². The molecule has 2 N–H and O–H groups in total. The van der Waals surface area contributed by atoms with Gasteiger partial charge in [0.2, 0.25) is 7.37 Å². The Hall–Kier alpha value is 0.175. The normalized spacial score (nSPS) is 29.4. The maximum atomic E-state index is 12.3. The van der Waals surface area contributed by atoms with Gasteiger partial charge in [-0.1, -0.05) is 0 Å². The molecule has 1 aliphatic rings. The summed E-state index contributed by atoms with van der Waals surface area (Å²) in [6.07, 6.45) is 2.74. The minimum Gasteiger partial charge on any atom is -0.437 e. The molecule has 0 bridgehead atoms. The standard InChI is InChI=1S/C10H23BNO3P/c1-8(2)15-16(4,14)10-6-5-9(7-10)12-11(3)13/h8-10,12-13H,5-7H2,1-4H3/t9-,10+,16?/m1/s1. The Morgan fingerprint density at radius 2 is 2.12 bits per heavy atom. The molecule has 1 aliphatic carbocycles. The van der Waals surface area contributed by atoms with Crippen LogP contribution in [0, 0.1) is 0 Å². The van der Waals surface area contributed by atoms with Crippen molar-refractivity contribution in [2.75, 3.05) is 6.66 Å². The topological polar surface area (TPSA) is 58.6 Å². The van der Waals surface area contributed by atoms with Gasteiger partial charge in [0.15, 0.2) is 0 Å². The van der Waals surface area contributed by atoms with Gasteiger partial charge in [-0.3, -0.25) is 4.57 Å². The van der Waals surface area contributed by atoms with Crippen molar-refractivity contribution in [3.05, 3.63) is 0 Å². The molecule has 0 aromatic rings. The fourth-order valence-electron chi connectivity index (χ4n) is 2.38. The summed E-state index contributed by atoms with van der Waals surface area (Å²) in [5, 5.41) is 12.3. The monoisotopic (exact) mass is 247 g/mol. The second-order valence-electron chi connectivity index (χ2n) is 5.07. The summed E-state index contributed by atoms with van der Waals surface area (Å²) in [6, 6.07) is 0.272. The van der Waals surface area contributed by atoms with E-state index < -0.39 is 14.4 Å². The molecule has 94 valence electrons. The summed E-state index contributed by atoms with van der Waals surface area (Å²) >= 11 is 0. The van der Waals surface area contributed by atoms with Crippen LogP contribution >= 0.6 is 7.37 Å². The third-order valence-electron chi connectivity index (χ3n) is 2.97. The molecule has 0 amide bonds. The van der Waals surface area contributed by atoms with E-state index in [-0.39, 0.29) is 17.8 Å². The van der Waals surface area contributed by atoms with Crippen LogP contribution in [0.1, 0.15) is 33.1 Å². The smallest absolute Gasteiger partial charge is 0.373 e. The first-order valence-electron chi connectivity index (χ1n) is 6.01. The molecule has 0 saturated heterocycles. The van der Waals surface area contributed by atoms with E-state index in [1.807, 2.05) is 13.8 Å². The van der Waals surface area contributed by atoms with Crippen LogP contribution in [-0.2, 0) is 9.09 Å². The van der Waals surface area contributed by atoms with Crippen LogP contribution in [0.5, 0.6) is 0 Å². The first kappa shape index (κ1) is 14.2. The molecule has 0 heterocycles. The molecule has 4 nitrogen and oxygen atoms in total. The van der Waals surface area contributed by atoms with Crippen molar-refractivity contribution in [2.24, 2.45) is 0 Å². The van der Waals surface area contributed by atoms with Gasteiger partial charge in [0.1, 0.15) is 0 Å². The van der Waals surface area contributed by atoms with Crippen LogP contribution in [0.25, 0.3) is 0 Å². The third-order valence-corrected chi connectivity index (χ3v) is 5.60. The van der Waals surface area contributed by atoms with Crippen LogP contribution in [0.15, 0.2) is 0 Å². The third kappa shape index (κ3) is 4.21. The molecular weight excluding hydrogens is 224 g/mol. The molecule has 3 atom stereocenters. The van der Waals surface area contributed by atoms with Crippen molar-refractivity contribution in [1.82, 2.24) is 5.23 Å². The largest absolute Gasteiger partial charge is 0.437 e. The number of rotatable bonds is 5. The van der Waals surface area contributed by atoms with Crippen LogP contribution in [0.2, 0.25) is 6.82 Å². The molecule has 0 radical (unpaired) electrons. The minimum absolute atomic E-state index is 0.0135. The van der Waals surface area contributed by atoms with Crippen LogP contribution in [0.3, 0.4) is 0 Å². The lowest BCUT2D eigenvalue weighted by Gasteiger charge is -2.23. The molecule has 6 heteroatoms. The average Bonchev–Trinajstić information content (AvgIpc) is 2.49. The molecular formula is C10H23BNO3P. The molecule has 0 aromatic carbocycles. The van der Waals surface area contributed by atoms with Crippen LogP contribution in [0.4, 0.5) is 0 Å². The Kier molecular flexibility index (Phi) is 5.05. The lowest BCUT2D eigenvalue weighted by molar-refractivity contribution is 0.241. The van der Waals surface area contributed by atoms with Gasteiger partial charge in [0.25, 0.3) is 0 Å². The fraction of sp³-hybridized carbons (Fsp3) is 1.00. The maximum absolute atomic E-state index is 12.3. The summed E-state index contributed by atoms with van der Waals surface area (Å²) in [4.78, 5) is 0. The quantitative estimate of drug-likeness (QED) is 0.575. The summed E-state index contributed by atoms with van der Waals surface area (Å²) in [7, 11) is -2.99. The predicted molar refractivity (Wildman–Crippen MR) is 68.2 cm³/mol. The van der Waals surface area contributed by atoms with Gasteiger partial charge in [0, 0.05) is 12.3 Å². The lowest BCUT2D eigenvalue weighted by atomic mass is 9.87. The summed E-state index contributed by atoms with van der Waals surface area (Å²) < 4.78 is 17.9. The van der Waals surface area contributed by atoms with Gasteiger partial charge in [-0.05, 0) is 46.0 Å². The van der Waals surface area contributed by atoms with E-state index in [4.69, 9.17) is 4.52 Å². The van der Waals surface area contributed by atoms with Crippen molar-refractivity contribution in [1.29, 1.82) is 0 Å². The van der Waals surface area contributed by atoms with Gasteiger partial charge in [-0.15, -0.1) is 0 Å². The van der Waals surface area contributed by atoms with Crippen LogP contribution in [-0.4, -0.2) is 36.5 Å². The number of hydrogen-bond acceptors (Lipinski definition) is 4. The Morgan fingerprint density at radius 1 is 1.50 bits per heavy atom. The second kappa shape index (κ2) is 5.68. The van der Waals surface area contributed by atoms with E-state index in [2.05, 4.69) is 5.23 Å². The zero-order valence-electron chi connectivity index (χ0n) is 10.6. The van der Waals surface area contributed by atoms with E-state index in [0.29, 0.717) is 0 Å². The van der Waals surface area contributed by atoms with E-state index >= 15 is 0 Å². The van der Waals surface area contributed by atoms with Crippen molar-refractivity contribution in [2.45, 2.75) is 57.7 Å². The molecule has 0 aliphatic heterocycles. The molecule has 1 fully saturated rings. The predicted octanol–water partition coefficient (Wildman–Crippen LogP) is 1.94. The highest BCUT2D eigenvalue weighted by Crippen LogP contribution is 2.55. The zero-order chi connectivity index (χ0) is 12.3. The number of hydrogen-bond donors (Lipinski definition) is 2. The fourth-order valence-corrected chi connectivity index (χ4v) is 4.65.